The lowest BCUT2D eigenvalue weighted by molar-refractivity contribution is -0.123. The maximum atomic E-state index is 12.4. The van der Waals surface area contributed by atoms with Crippen molar-refractivity contribution >= 4 is 5.91 Å². The number of rotatable bonds is 53. The molecular formula is C56H113NO3. The summed E-state index contributed by atoms with van der Waals surface area (Å²) in [5.41, 5.74) is 0. The predicted octanol–water partition coefficient (Wildman–Crippen LogP) is 18.4. The van der Waals surface area contributed by atoms with E-state index in [1.54, 1.807) is 0 Å². The summed E-state index contributed by atoms with van der Waals surface area (Å²) in [6.07, 6.45) is 67.1. The first-order valence-electron chi connectivity index (χ1n) is 28.2. The Bertz CT molecular complexity index is 788. The summed E-state index contributed by atoms with van der Waals surface area (Å²) >= 11 is 0. The molecule has 1 amide bonds. The lowest BCUT2D eigenvalue weighted by atomic mass is 10.0. The maximum absolute atomic E-state index is 12.4. The second-order valence-corrected chi connectivity index (χ2v) is 19.7. The molecule has 0 fully saturated rings. The summed E-state index contributed by atoms with van der Waals surface area (Å²) in [6.45, 7) is 4.36. The molecule has 0 spiro atoms. The molecule has 0 saturated carbocycles. The van der Waals surface area contributed by atoms with Crippen molar-refractivity contribution in [2.45, 2.75) is 347 Å². The molecule has 0 aliphatic carbocycles. The van der Waals surface area contributed by atoms with Crippen LogP contribution in [-0.2, 0) is 4.79 Å². The SMILES string of the molecule is CCCCCCCCCCCCCCCCCCCCCCCCCCCCCCCCCCCCCCCCCCC(=O)NC(CO)C(O)CCCCCCCCCC. The van der Waals surface area contributed by atoms with Crippen molar-refractivity contribution in [3.63, 3.8) is 0 Å². The van der Waals surface area contributed by atoms with Crippen LogP contribution in [0.15, 0.2) is 0 Å². The van der Waals surface area contributed by atoms with Crippen LogP contribution in [0, 0.1) is 0 Å². The highest BCUT2D eigenvalue weighted by atomic mass is 16.3. The van der Waals surface area contributed by atoms with Crippen LogP contribution in [0.5, 0.6) is 0 Å². The van der Waals surface area contributed by atoms with Crippen molar-refractivity contribution in [2.75, 3.05) is 6.61 Å². The van der Waals surface area contributed by atoms with Crippen molar-refractivity contribution in [3.05, 3.63) is 0 Å². The van der Waals surface area contributed by atoms with Gasteiger partial charge in [-0.1, -0.05) is 316 Å². The molecule has 0 bridgehead atoms. The first kappa shape index (κ1) is 59.4. The van der Waals surface area contributed by atoms with Crippen molar-refractivity contribution in [1.29, 1.82) is 0 Å². The number of aliphatic hydroxyl groups excluding tert-OH is 2. The maximum Gasteiger partial charge on any atom is 0.220 e. The summed E-state index contributed by atoms with van der Waals surface area (Å²) in [6, 6.07) is -0.528. The van der Waals surface area contributed by atoms with Gasteiger partial charge in [0.1, 0.15) is 0 Å². The third-order valence-corrected chi connectivity index (χ3v) is 13.6. The van der Waals surface area contributed by atoms with E-state index in [4.69, 9.17) is 0 Å². The van der Waals surface area contributed by atoms with Crippen LogP contribution >= 0.6 is 0 Å². The standard InChI is InChI=1S/C56H113NO3/c1-3-5-7-9-11-13-14-15-16-17-18-19-20-21-22-23-24-25-26-27-28-29-30-31-32-33-34-35-36-37-38-39-40-41-42-43-44-46-48-50-52-56(60)57-54(53-58)55(59)51-49-47-45-12-10-8-6-4-2/h54-55,58-59H,3-53H2,1-2H3,(H,57,60). The molecule has 0 aliphatic rings. The largest absolute Gasteiger partial charge is 0.394 e. The Labute approximate surface area is 378 Å². The first-order valence-corrected chi connectivity index (χ1v) is 28.2. The van der Waals surface area contributed by atoms with Crippen LogP contribution in [0.3, 0.4) is 0 Å². The topological polar surface area (TPSA) is 69.6 Å². The van der Waals surface area contributed by atoms with Gasteiger partial charge in [-0.25, -0.2) is 0 Å². The fourth-order valence-corrected chi connectivity index (χ4v) is 9.31. The molecule has 0 heterocycles. The van der Waals surface area contributed by atoms with Gasteiger partial charge >= 0.3 is 0 Å². The average Bonchev–Trinajstić information content (AvgIpc) is 3.25. The molecule has 360 valence electrons. The van der Waals surface area contributed by atoms with Gasteiger partial charge < -0.3 is 15.5 Å². The van der Waals surface area contributed by atoms with E-state index in [-0.39, 0.29) is 12.5 Å². The van der Waals surface area contributed by atoms with Gasteiger partial charge in [0.2, 0.25) is 5.91 Å². The molecule has 2 unspecified atom stereocenters. The monoisotopic (exact) mass is 848 g/mol. The second kappa shape index (κ2) is 52.7. The zero-order chi connectivity index (χ0) is 43.5. The molecule has 3 N–H and O–H groups in total. The first-order chi connectivity index (χ1) is 29.7. The molecule has 0 aromatic carbocycles. The van der Waals surface area contributed by atoms with Crippen LogP contribution in [0.25, 0.3) is 0 Å². The zero-order valence-corrected chi connectivity index (χ0v) is 41.5. The van der Waals surface area contributed by atoms with Gasteiger partial charge in [-0.3, -0.25) is 4.79 Å². The van der Waals surface area contributed by atoms with Crippen molar-refractivity contribution in [2.24, 2.45) is 0 Å². The number of carbonyl (C=O) groups excluding carboxylic acids is 1. The van der Waals surface area contributed by atoms with Crippen molar-refractivity contribution in [3.8, 4) is 0 Å². The number of hydrogen-bond donors (Lipinski definition) is 3. The highest BCUT2D eigenvalue weighted by molar-refractivity contribution is 5.76. The Morgan fingerprint density at radius 1 is 0.333 bits per heavy atom. The van der Waals surface area contributed by atoms with Gasteiger partial charge in [0.15, 0.2) is 0 Å². The molecule has 4 nitrogen and oxygen atoms in total. The molecular weight excluding hydrogens is 735 g/mol. The summed E-state index contributed by atoms with van der Waals surface area (Å²) < 4.78 is 0. The Kier molecular flexibility index (Phi) is 52.2. The van der Waals surface area contributed by atoms with Gasteiger partial charge in [0, 0.05) is 6.42 Å². The zero-order valence-electron chi connectivity index (χ0n) is 41.5. The minimum Gasteiger partial charge on any atom is -0.394 e. The molecule has 0 radical (unpaired) electrons. The molecule has 60 heavy (non-hydrogen) atoms. The quantitative estimate of drug-likeness (QED) is 0.0534. The number of aliphatic hydroxyl groups is 2. The summed E-state index contributed by atoms with van der Waals surface area (Å²) in [7, 11) is 0. The number of nitrogens with one attached hydrogen (secondary N) is 1. The molecule has 0 aromatic rings. The molecule has 0 saturated heterocycles. The van der Waals surface area contributed by atoms with Gasteiger partial charge in [-0.2, -0.15) is 0 Å². The minimum atomic E-state index is -0.651. The Hall–Kier alpha value is -0.610. The van der Waals surface area contributed by atoms with E-state index in [9.17, 15) is 15.0 Å². The highest BCUT2D eigenvalue weighted by Gasteiger charge is 2.20. The summed E-state index contributed by atoms with van der Waals surface area (Å²) in [5.74, 6) is -0.0271. The van der Waals surface area contributed by atoms with Crippen LogP contribution in [0.1, 0.15) is 335 Å². The normalized spacial score (nSPS) is 12.7. The van der Waals surface area contributed by atoms with Gasteiger partial charge in [-0.05, 0) is 12.8 Å². The molecule has 2 atom stereocenters. The van der Waals surface area contributed by atoms with Gasteiger partial charge in [0.25, 0.3) is 0 Å². The molecule has 0 rings (SSSR count). The van der Waals surface area contributed by atoms with Crippen LogP contribution in [-0.4, -0.2) is 34.9 Å². The Morgan fingerprint density at radius 2 is 0.533 bits per heavy atom. The van der Waals surface area contributed by atoms with E-state index < -0.39 is 12.1 Å². The molecule has 4 heteroatoms. The van der Waals surface area contributed by atoms with Crippen molar-refractivity contribution < 1.29 is 15.0 Å². The second-order valence-electron chi connectivity index (χ2n) is 19.7. The summed E-state index contributed by atoms with van der Waals surface area (Å²) in [4.78, 5) is 12.4. The lowest BCUT2D eigenvalue weighted by Crippen LogP contribution is -2.45. The predicted molar refractivity (Wildman–Crippen MR) is 267 cm³/mol. The van der Waals surface area contributed by atoms with Crippen molar-refractivity contribution in [1.82, 2.24) is 5.32 Å². The van der Waals surface area contributed by atoms with E-state index >= 15 is 0 Å². The third-order valence-electron chi connectivity index (χ3n) is 13.6. The number of amides is 1. The third kappa shape index (κ3) is 48.4. The number of carbonyl (C=O) groups is 1. The summed E-state index contributed by atoms with van der Waals surface area (Å²) in [5, 5.41) is 23.1. The van der Waals surface area contributed by atoms with Crippen LogP contribution < -0.4 is 5.32 Å². The fourth-order valence-electron chi connectivity index (χ4n) is 9.31. The van der Waals surface area contributed by atoms with E-state index in [2.05, 4.69) is 19.2 Å². The minimum absolute atomic E-state index is 0.0271. The van der Waals surface area contributed by atoms with Gasteiger partial charge in [-0.15, -0.1) is 0 Å². The van der Waals surface area contributed by atoms with E-state index in [1.165, 1.54) is 283 Å². The van der Waals surface area contributed by atoms with Crippen LogP contribution in [0.2, 0.25) is 0 Å². The van der Waals surface area contributed by atoms with E-state index in [1.807, 2.05) is 0 Å². The average molecular weight is 849 g/mol. The molecule has 0 aromatic heterocycles. The number of hydrogen-bond acceptors (Lipinski definition) is 3. The fraction of sp³-hybridized carbons (Fsp3) is 0.982. The molecule has 0 aliphatic heterocycles. The lowest BCUT2D eigenvalue weighted by Gasteiger charge is -2.22. The number of unbranched alkanes of at least 4 members (excludes halogenated alkanes) is 46. The van der Waals surface area contributed by atoms with Crippen LogP contribution in [0.4, 0.5) is 0 Å². The van der Waals surface area contributed by atoms with E-state index in [0.717, 1.165) is 25.7 Å². The smallest absolute Gasteiger partial charge is 0.220 e. The Morgan fingerprint density at radius 3 is 0.750 bits per heavy atom. The van der Waals surface area contributed by atoms with E-state index in [0.29, 0.717) is 12.8 Å². The highest BCUT2D eigenvalue weighted by Crippen LogP contribution is 2.18. The Balaban J connectivity index is 3.26. The van der Waals surface area contributed by atoms with Gasteiger partial charge in [0.05, 0.1) is 18.8 Å².